The number of anilines is 1. The van der Waals surface area contributed by atoms with Crippen molar-refractivity contribution in [2.24, 2.45) is 0 Å². The topological polar surface area (TPSA) is 72.5 Å². The van der Waals surface area contributed by atoms with Gasteiger partial charge in [0.2, 0.25) is 5.88 Å². The summed E-state index contributed by atoms with van der Waals surface area (Å²) in [7, 11) is 0. The molecule has 5 rings (SSSR count). The Kier molecular flexibility index (Phi) is 4.61. The molecule has 0 unspecified atom stereocenters. The molecule has 3 saturated heterocycles. The lowest BCUT2D eigenvalue weighted by atomic mass is 9.81. The monoisotopic (exact) mass is 353 g/mol. The van der Waals surface area contributed by atoms with Crippen LogP contribution < -0.4 is 15.4 Å². The molecule has 2 N–H and O–H groups in total. The first-order valence-electron chi connectivity index (χ1n) is 9.07. The summed E-state index contributed by atoms with van der Waals surface area (Å²) >= 11 is 0. The Labute approximate surface area is 152 Å². The van der Waals surface area contributed by atoms with Gasteiger partial charge >= 0.3 is 0 Å². The van der Waals surface area contributed by atoms with Crippen LogP contribution >= 0.6 is 0 Å². The lowest BCUT2D eigenvalue weighted by Gasteiger charge is -2.47. The van der Waals surface area contributed by atoms with E-state index in [-0.39, 0.29) is 11.5 Å². The van der Waals surface area contributed by atoms with E-state index in [0.29, 0.717) is 24.1 Å². The Morgan fingerprint density at radius 3 is 2.77 bits per heavy atom. The Bertz CT molecular complexity index is 752. The van der Waals surface area contributed by atoms with Crippen LogP contribution in [0.25, 0.3) is 0 Å². The van der Waals surface area contributed by atoms with E-state index >= 15 is 0 Å². The molecule has 4 heterocycles. The molecule has 136 valence electrons. The molecule has 1 amide bonds. The van der Waals surface area contributed by atoms with E-state index in [0.717, 1.165) is 37.2 Å². The van der Waals surface area contributed by atoms with Gasteiger partial charge < -0.3 is 20.1 Å². The molecule has 0 radical (unpaired) electrons. The number of pyridine rings is 1. The van der Waals surface area contributed by atoms with Crippen molar-refractivity contribution >= 4 is 11.6 Å². The van der Waals surface area contributed by atoms with Crippen LogP contribution in [0.1, 0.15) is 35.7 Å². The first kappa shape index (κ1) is 17.0. The van der Waals surface area contributed by atoms with Gasteiger partial charge in [-0.2, -0.15) is 0 Å². The van der Waals surface area contributed by atoms with Crippen molar-refractivity contribution in [3.05, 3.63) is 53.7 Å². The summed E-state index contributed by atoms with van der Waals surface area (Å²) in [5.74, 6) is 0.325. The number of aromatic nitrogens is 1. The Balaban J connectivity index is 1.43. The number of hydrogen-bond donors (Lipinski definition) is 2. The van der Waals surface area contributed by atoms with Crippen LogP contribution in [0, 0.1) is 0 Å². The fraction of sp³-hybridized carbons (Fsp3) is 0.400. The maximum atomic E-state index is 12.4. The molecule has 1 aromatic heterocycles. The zero-order valence-electron chi connectivity index (χ0n) is 14.8. The number of benzene rings is 1. The molecule has 2 atom stereocenters. The number of hydrogen-bond acceptors (Lipinski definition) is 5. The van der Waals surface area contributed by atoms with Crippen LogP contribution in [-0.4, -0.2) is 36.7 Å². The molecule has 1 aromatic carbocycles. The van der Waals surface area contributed by atoms with E-state index in [1.807, 2.05) is 31.2 Å². The molecule has 3 fully saturated rings. The first-order chi connectivity index (χ1) is 12.7. The molecular formula is C20H23N3O3. The molecule has 0 aliphatic carbocycles. The van der Waals surface area contributed by atoms with E-state index in [1.165, 1.54) is 6.20 Å². The average Bonchev–Trinajstić information content (AvgIpc) is 2.71. The van der Waals surface area contributed by atoms with Gasteiger partial charge in [0, 0.05) is 30.5 Å². The Morgan fingerprint density at radius 1 is 1.35 bits per heavy atom. The number of nitrogens with zero attached hydrogens (tertiary/aromatic N) is 1. The van der Waals surface area contributed by atoms with E-state index < -0.39 is 0 Å². The van der Waals surface area contributed by atoms with Crippen molar-refractivity contribution in [3.8, 4) is 5.88 Å². The minimum atomic E-state index is -0.226. The van der Waals surface area contributed by atoms with Crippen molar-refractivity contribution in [1.29, 1.82) is 0 Å². The standard InChI is InChI=1S/C20H23N3O3/c1-2-25-18-8-3-14(11-21-18)19(24)23-16-6-4-15(5-7-16)20-10-9-17(12-26-20)22-13-20/h3-8,11,17,22H,2,9-10,12-13H2,1H3,(H,23,24)/t17-,20-/m0/s1. The smallest absolute Gasteiger partial charge is 0.257 e. The van der Waals surface area contributed by atoms with Crippen LogP contribution in [0.4, 0.5) is 5.69 Å². The van der Waals surface area contributed by atoms with E-state index in [2.05, 4.69) is 15.6 Å². The quantitative estimate of drug-likeness (QED) is 0.865. The highest BCUT2D eigenvalue weighted by atomic mass is 16.5. The molecule has 0 saturated carbocycles. The predicted octanol–water partition coefficient (Wildman–Crippen LogP) is 2.71. The molecule has 6 heteroatoms. The number of rotatable bonds is 5. The van der Waals surface area contributed by atoms with Crippen LogP contribution in [0.3, 0.4) is 0 Å². The van der Waals surface area contributed by atoms with Crippen molar-refractivity contribution in [1.82, 2.24) is 10.3 Å². The van der Waals surface area contributed by atoms with E-state index in [1.54, 1.807) is 12.1 Å². The third-order valence-corrected chi connectivity index (χ3v) is 5.09. The number of nitrogens with one attached hydrogen (secondary N) is 2. The number of morpholine rings is 1. The molecule has 0 spiro atoms. The van der Waals surface area contributed by atoms with Gasteiger partial charge in [-0.3, -0.25) is 4.79 Å². The van der Waals surface area contributed by atoms with Gasteiger partial charge in [-0.25, -0.2) is 4.98 Å². The summed E-state index contributed by atoms with van der Waals surface area (Å²) < 4.78 is 11.4. The molecule has 3 aliphatic heterocycles. The third kappa shape index (κ3) is 3.30. The predicted molar refractivity (Wildman–Crippen MR) is 98.5 cm³/mol. The fourth-order valence-corrected chi connectivity index (χ4v) is 3.57. The molecule has 26 heavy (non-hydrogen) atoms. The van der Waals surface area contributed by atoms with Gasteiger partial charge in [0.05, 0.1) is 18.8 Å². The number of ether oxygens (including phenoxy) is 2. The van der Waals surface area contributed by atoms with Gasteiger partial charge in [0.1, 0.15) is 5.60 Å². The molecule has 6 nitrogen and oxygen atoms in total. The molecule has 2 bridgehead atoms. The number of piperidine rings is 1. The van der Waals surface area contributed by atoms with Crippen LogP contribution in [0.15, 0.2) is 42.6 Å². The minimum Gasteiger partial charge on any atom is -0.478 e. The minimum absolute atomic E-state index is 0.192. The summed E-state index contributed by atoms with van der Waals surface area (Å²) in [6, 6.07) is 11.8. The highest BCUT2D eigenvalue weighted by Crippen LogP contribution is 2.38. The second-order valence-corrected chi connectivity index (χ2v) is 6.77. The van der Waals surface area contributed by atoms with Gasteiger partial charge in [0.25, 0.3) is 5.91 Å². The third-order valence-electron chi connectivity index (χ3n) is 5.09. The molecule has 3 aliphatic rings. The number of carbonyl (C=O) groups excluding carboxylic acids is 1. The van der Waals surface area contributed by atoms with Crippen molar-refractivity contribution in [2.75, 3.05) is 25.1 Å². The zero-order chi connectivity index (χ0) is 18.0. The highest BCUT2D eigenvalue weighted by molar-refractivity contribution is 6.04. The second-order valence-electron chi connectivity index (χ2n) is 6.77. The Morgan fingerprint density at radius 2 is 2.19 bits per heavy atom. The highest BCUT2D eigenvalue weighted by Gasteiger charge is 2.42. The average molecular weight is 353 g/mol. The van der Waals surface area contributed by atoms with E-state index in [4.69, 9.17) is 9.47 Å². The fourth-order valence-electron chi connectivity index (χ4n) is 3.57. The van der Waals surface area contributed by atoms with Crippen LogP contribution in [0.5, 0.6) is 5.88 Å². The maximum absolute atomic E-state index is 12.4. The number of carbonyl (C=O) groups is 1. The summed E-state index contributed by atoms with van der Waals surface area (Å²) in [5.41, 5.74) is 2.18. The van der Waals surface area contributed by atoms with Gasteiger partial charge in [-0.05, 0) is 43.5 Å². The normalized spacial score (nSPS) is 24.3. The van der Waals surface area contributed by atoms with Crippen molar-refractivity contribution in [2.45, 2.75) is 31.4 Å². The summed E-state index contributed by atoms with van der Waals surface area (Å²) in [5, 5.41) is 6.43. The van der Waals surface area contributed by atoms with Gasteiger partial charge in [-0.15, -0.1) is 0 Å². The van der Waals surface area contributed by atoms with Crippen LogP contribution in [0.2, 0.25) is 0 Å². The summed E-state index contributed by atoms with van der Waals surface area (Å²) in [4.78, 5) is 16.5. The zero-order valence-corrected chi connectivity index (χ0v) is 14.8. The lowest BCUT2D eigenvalue weighted by Crippen LogP contribution is -2.57. The Hall–Kier alpha value is -2.44. The SMILES string of the molecule is CCOc1ccc(C(=O)Nc2ccc([C@@]34CC[C@@H](CO3)NC4)cc2)cn1. The summed E-state index contributed by atoms with van der Waals surface area (Å²) in [6.07, 6.45) is 3.70. The number of amides is 1. The van der Waals surface area contributed by atoms with E-state index in [9.17, 15) is 4.79 Å². The van der Waals surface area contributed by atoms with Crippen molar-refractivity contribution in [3.63, 3.8) is 0 Å². The molecular weight excluding hydrogens is 330 g/mol. The number of fused-ring (bicyclic) bond motifs is 3. The second kappa shape index (κ2) is 7.05. The van der Waals surface area contributed by atoms with Crippen molar-refractivity contribution < 1.29 is 14.3 Å². The lowest BCUT2D eigenvalue weighted by molar-refractivity contribution is -0.129. The van der Waals surface area contributed by atoms with Gasteiger partial charge in [-0.1, -0.05) is 12.1 Å². The summed E-state index contributed by atoms with van der Waals surface area (Å²) in [6.45, 7) is 4.06. The maximum Gasteiger partial charge on any atom is 0.257 e. The largest absolute Gasteiger partial charge is 0.478 e. The molecule has 2 aromatic rings. The van der Waals surface area contributed by atoms with Crippen LogP contribution in [-0.2, 0) is 10.3 Å². The van der Waals surface area contributed by atoms with Gasteiger partial charge in [0.15, 0.2) is 0 Å². The first-order valence-corrected chi connectivity index (χ1v) is 9.07.